The average molecular weight is 362 g/mol. The Balaban J connectivity index is 0.000000508. The SMILES string of the molecule is CC(=O)ON=C(C)C(=O)c1ccccc1.CCC(=O)C(C)=NOC(C)=O. The van der Waals surface area contributed by atoms with E-state index in [9.17, 15) is 19.2 Å². The van der Waals surface area contributed by atoms with Gasteiger partial charge < -0.3 is 9.68 Å². The van der Waals surface area contributed by atoms with Gasteiger partial charge in [0.2, 0.25) is 5.78 Å². The maximum Gasteiger partial charge on any atom is 0.331 e. The highest BCUT2D eigenvalue weighted by molar-refractivity contribution is 6.45. The first-order chi connectivity index (χ1) is 12.2. The van der Waals surface area contributed by atoms with Gasteiger partial charge in [-0.2, -0.15) is 0 Å². The van der Waals surface area contributed by atoms with Gasteiger partial charge in [0.15, 0.2) is 5.78 Å². The Morgan fingerprint density at radius 1 is 0.808 bits per heavy atom. The molecule has 1 aromatic rings. The van der Waals surface area contributed by atoms with Crippen LogP contribution in [0.4, 0.5) is 0 Å². The highest BCUT2D eigenvalue weighted by atomic mass is 16.7. The third kappa shape index (κ3) is 9.86. The molecule has 0 spiro atoms. The number of oxime groups is 2. The van der Waals surface area contributed by atoms with E-state index in [1.54, 1.807) is 31.2 Å². The topological polar surface area (TPSA) is 111 Å². The number of ketones is 2. The quantitative estimate of drug-likeness (QED) is 0.333. The van der Waals surface area contributed by atoms with Crippen molar-refractivity contribution in [3.8, 4) is 0 Å². The number of nitrogens with zero attached hydrogens (tertiary/aromatic N) is 2. The molecule has 0 aliphatic heterocycles. The maximum absolute atomic E-state index is 11.6. The first-order valence-corrected chi connectivity index (χ1v) is 7.76. The highest BCUT2D eigenvalue weighted by Gasteiger charge is 2.09. The van der Waals surface area contributed by atoms with Gasteiger partial charge in [0.05, 0.1) is 0 Å². The molecule has 0 saturated heterocycles. The fourth-order valence-electron chi connectivity index (χ4n) is 1.41. The zero-order valence-corrected chi connectivity index (χ0v) is 15.4. The van der Waals surface area contributed by atoms with E-state index >= 15 is 0 Å². The Kier molecular flexibility index (Phi) is 10.8. The Bertz CT molecular complexity index is 708. The van der Waals surface area contributed by atoms with Gasteiger partial charge in [-0.1, -0.05) is 47.6 Å². The van der Waals surface area contributed by atoms with Gasteiger partial charge in [0, 0.05) is 25.8 Å². The lowest BCUT2D eigenvalue weighted by atomic mass is 10.1. The number of carbonyl (C=O) groups is 4. The van der Waals surface area contributed by atoms with E-state index in [-0.39, 0.29) is 23.0 Å². The van der Waals surface area contributed by atoms with Crippen LogP contribution in [0.1, 0.15) is 51.4 Å². The molecule has 0 saturated carbocycles. The third-order valence-corrected chi connectivity index (χ3v) is 2.71. The van der Waals surface area contributed by atoms with Crippen LogP contribution in [0, 0.1) is 0 Å². The van der Waals surface area contributed by atoms with Crippen LogP contribution in [-0.2, 0) is 24.1 Å². The first-order valence-electron chi connectivity index (χ1n) is 7.76. The fourth-order valence-corrected chi connectivity index (χ4v) is 1.41. The maximum atomic E-state index is 11.6. The van der Waals surface area contributed by atoms with Crippen molar-refractivity contribution in [3.05, 3.63) is 35.9 Å². The summed E-state index contributed by atoms with van der Waals surface area (Å²) >= 11 is 0. The predicted octanol–water partition coefficient (Wildman–Crippen LogP) is 2.71. The normalized spacial score (nSPS) is 11.0. The molecule has 0 N–H and O–H groups in total. The monoisotopic (exact) mass is 362 g/mol. The molecule has 26 heavy (non-hydrogen) atoms. The highest BCUT2D eigenvalue weighted by Crippen LogP contribution is 2.01. The van der Waals surface area contributed by atoms with Crippen molar-refractivity contribution < 1.29 is 28.9 Å². The number of Topliss-reactive ketones (excluding diaryl/α,β-unsaturated/α-hetero) is 2. The van der Waals surface area contributed by atoms with Crippen LogP contribution in [0.5, 0.6) is 0 Å². The molecule has 8 nitrogen and oxygen atoms in total. The predicted molar refractivity (Wildman–Crippen MR) is 95.8 cm³/mol. The number of benzene rings is 1. The van der Waals surface area contributed by atoms with Gasteiger partial charge in [-0.05, 0) is 13.8 Å². The summed E-state index contributed by atoms with van der Waals surface area (Å²) in [5, 5.41) is 6.73. The van der Waals surface area contributed by atoms with Crippen LogP contribution in [-0.4, -0.2) is 34.9 Å². The summed E-state index contributed by atoms with van der Waals surface area (Å²) in [7, 11) is 0. The molecule has 0 aromatic heterocycles. The lowest BCUT2D eigenvalue weighted by molar-refractivity contribution is -0.141. The van der Waals surface area contributed by atoms with E-state index in [2.05, 4.69) is 20.0 Å². The molecule has 140 valence electrons. The van der Waals surface area contributed by atoms with Gasteiger partial charge in [-0.25, -0.2) is 9.59 Å². The van der Waals surface area contributed by atoms with Crippen molar-refractivity contribution in [2.45, 2.75) is 41.0 Å². The summed E-state index contributed by atoms with van der Waals surface area (Å²) in [5.41, 5.74) is 0.894. The second-order valence-electron chi connectivity index (χ2n) is 4.99. The van der Waals surface area contributed by atoms with Crippen molar-refractivity contribution in [2.24, 2.45) is 10.3 Å². The number of carbonyl (C=O) groups excluding carboxylic acids is 4. The van der Waals surface area contributed by atoms with Crippen LogP contribution < -0.4 is 0 Å². The molecule has 0 aliphatic rings. The zero-order valence-electron chi connectivity index (χ0n) is 15.4. The Morgan fingerprint density at radius 2 is 1.27 bits per heavy atom. The van der Waals surface area contributed by atoms with Gasteiger partial charge in [-0.15, -0.1) is 0 Å². The van der Waals surface area contributed by atoms with E-state index in [1.807, 2.05) is 6.07 Å². The summed E-state index contributed by atoms with van der Waals surface area (Å²) in [4.78, 5) is 51.8. The summed E-state index contributed by atoms with van der Waals surface area (Å²) in [5.74, 6) is -1.44. The fraction of sp³-hybridized carbons (Fsp3) is 0.333. The van der Waals surface area contributed by atoms with E-state index in [0.29, 0.717) is 12.0 Å². The van der Waals surface area contributed by atoms with E-state index < -0.39 is 11.9 Å². The summed E-state index contributed by atoms with van der Waals surface area (Å²) in [6, 6.07) is 8.68. The van der Waals surface area contributed by atoms with E-state index in [4.69, 9.17) is 0 Å². The van der Waals surface area contributed by atoms with E-state index in [1.165, 1.54) is 27.7 Å². The molecule has 0 unspecified atom stereocenters. The van der Waals surface area contributed by atoms with Gasteiger partial charge in [0.25, 0.3) is 0 Å². The lowest BCUT2D eigenvalue weighted by Crippen LogP contribution is -2.11. The van der Waals surface area contributed by atoms with Crippen molar-refractivity contribution in [1.82, 2.24) is 0 Å². The van der Waals surface area contributed by atoms with Gasteiger partial charge >= 0.3 is 11.9 Å². The molecule has 0 aliphatic carbocycles. The Morgan fingerprint density at radius 3 is 1.69 bits per heavy atom. The molecule has 0 heterocycles. The standard InChI is InChI=1S/C11H11NO3.C7H11NO3/c1-8(12-15-9(2)13)11(14)10-6-4-3-5-7-10;1-4-7(10)5(2)8-11-6(3)9/h3-7H,1-2H3;4H2,1-3H3. The van der Waals surface area contributed by atoms with Crippen LogP contribution in [0.3, 0.4) is 0 Å². The Labute approximate surface area is 151 Å². The number of hydrogen-bond donors (Lipinski definition) is 0. The van der Waals surface area contributed by atoms with Crippen molar-refractivity contribution in [3.63, 3.8) is 0 Å². The largest absolute Gasteiger partial charge is 0.331 e. The summed E-state index contributed by atoms with van der Waals surface area (Å²) in [6.45, 7) is 7.18. The molecule has 1 rings (SSSR count). The average Bonchev–Trinajstić information content (AvgIpc) is 2.63. The van der Waals surface area contributed by atoms with Gasteiger partial charge in [0.1, 0.15) is 11.4 Å². The van der Waals surface area contributed by atoms with Crippen LogP contribution in [0.25, 0.3) is 0 Å². The molecule has 0 atom stereocenters. The zero-order chi connectivity index (χ0) is 20.1. The second kappa shape index (κ2) is 12.2. The molecular formula is C18H22N2O6. The molecule has 0 fully saturated rings. The van der Waals surface area contributed by atoms with Gasteiger partial charge in [-0.3, -0.25) is 9.59 Å². The molecule has 0 bridgehead atoms. The van der Waals surface area contributed by atoms with Crippen LogP contribution in [0.15, 0.2) is 40.6 Å². The first kappa shape index (κ1) is 22.8. The number of rotatable bonds is 6. The number of hydrogen-bond acceptors (Lipinski definition) is 8. The molecule has 0 radical (unpaired) electrons. The third-order valence-electron chi connectivity index (χ3n) is 2.71. The van der Waals surface area contributed by atoms with Crippen LogP contribution >= 0.6 is 0 Å². The minimum Gasteiger partial charge on any atom is -0.318 e. The summed E-state index contributed by atoms with van der Waals surface area (Å²) in [6.07, 6.45) is 0.372. The minimum atomic E-state index is -0.546. The molecule has 1 aromatic carbocycles. The lowest BCUT2D eigenvalue weighted by Gasteiger charge is -1.98. The van der Waals surface area contributed by atoms with Crippen molar-refractivity contribution >= 4 is 34.9 Å². The van der Waals surface area contributed by atoms with Crippen LogP contribution in [0.2, 0.25) is 0 Å². The second-order valence-corrected chi connectivity index (χ2v) is 4.99. The van der Waals surface area contributed by atoms with Crippen molar-refractivity contribution in [1.29, 1.82) is 0 Å². The molecule has 8 heteroatoms. The van der Waals surface area contributed by atoms with E-state index in [0.717, 1.165) is 0 Å². The smallest absolute Gasteiger partial charge is 0.318 e. The van der Waals surface area contributed by atoms with Crippen molar-refractivity contribution in [2.75, 3.05) is 0 Å². The molecule has 0 amide bonds. The summed E-state index contributed by atoms with van der Waals surface area (Å²) < 4.78 is 0. The Hall–Kier alpha value is -3.16. The molecular weight excluding hydrogens is 340 g/mol. The minimum absolute atomic E-state index is 0.119.